The molecule has 5 aromatic rings. The second-order valence-electron chi connectivity index (χ2n) is 16.6. The Kier molecular flexibility index (Phi) is 24.5. The van der Waals surface area contributed by atoms with Crippen molar-refractivity contribution in [2.45, 2.75) is 32.6 Å². The number of nitrogens with zero attached hydrogens (tertiary/aromatic N) is 6. The van der Waals surface area contributed by atoms with Crippen LogP contribution in [0.1, 0.15) is 28.3 Å². The average Bonchev–Trinajstić information content (AvgIpc) is 3.35. The number of thiocarbonyl (C=S) groups is 1. The molecule has 0 unspecified atom stereocenters. The maximum absolute atomic E-state index is 12.0. The SMILES string of the molecule is COc1cc(OCC(=O)O)cc(OC)c1-c1cc(CN(CC(=O)O)CC(=O)O)nc(CN(CCc2ccc(N=C=S)cc2)Cc2cc(-c3c(OC)cc(OCC(=O)O)cc3OC)cc(CN(CC(=O)O)CC(=O)O)n2)c1.[Tb+3]. The second-order valence-corrected chi connectivity index (χ2v) is 16.8. The van der Waals surface area contributed by atoms with E-state index in [1.807, 2.05) is 17.0 Å². The first kappa shape index (κ1) is 62.1. The van der Waals surface area contributed by atoms with Gasteiger partial charge in [-0.1, -0.05) is 12.1 Å². The quantitative estimate of drug-likeness (QED) is 0.0251. The number of carbonyl (C=O) groups is 6. The second kappa shape index (κ2) is 30.3. The molecule has 0 aliphatic rings. The molecule has 0 bridgehead atoms. The van der Waals surface area contributed by atoms with Gasteiger partial charge in [-0.25, -0.2) is 9.59 Å². The molecule has 26 heteroatoms. The molecule has 0 atom stereocenters. The number of ether oxygens (including phenoxy) is 6. The Morgan fingerprint density at radius 2 is 0.831 bits per heavy atom. The van der Waals surface area contributed by atoms with Crippen LogP contribution in [-0.2, 0) is 61.4 Å². The zero-order chi connectivity index (χ0) is 55.5. The molecule has 24 nitrogen and oxygen atoms in total. The fraction of sp³-hybridized carbons (Fsp3) is 0.314. The third-order valence-corrected chi connectivity index (χ3v) is 11.0. The van der Waals surface area contributed by atoms with E-state index in [0.29, 0.717) is 52.3 Å². The number of aliphatic carboxylic acids is 6. The molecule has 3 aromatic carbocycles. The summed E-state index contributed by atoms with van der Waals surface area (Å²) in [6, 6.07) is 19.8. The van der Waals surface area contributed by atoms with Crippen LogP contribution in [0.25, 0.3) is 22.3 Å². The number of hydrogen-bond donors (Lipinski definition) is 6. The fourth-order valence-electron chi connectivity index (χ4n) is 8.02. The van der Waals surface area contributed by atoms with Gasteiger partial charge in [0.05, 0.1) is 99.4 Å². The third kappa shape index (κ3) is 19.6. The molecule has 77 heavy (non-hydrogen) atoms. The molecule has 0 aliphatic heterocycles. The van der Waals surface area contributed by atoms with E-state index >= 15 is 0 Å². The molecule has 0 radical (unpaired) electrons. The molecular formula is C51H54N6O18STb+3. The zero-order valence-electron chi connectivity index (χ0n) is 41.9. The van der Waals surface area contributed by atoms with Gasteiger partial charge in [0.2, 0.25) is 0 Å². The van der Waals surface area contributed by atoms with Gasteiger partial charge in [0, 0.05) is 57.0 Å². The number of isothiocyanates is 1. The van der Waals surface area contributed by atoms with Crippen LogP contribution < -0.4 is 28.4 Å². The van der Waals surface area contributed by atoms with Gasteiger partial charge in [-0.2, -0.15) is 4.99 Å². The van der Waals surface area contributed by atoms with Crippen molar-refractivity contribution in [2.24, 2.45) is 4.99 Å². The van der Waals surface area contributed by atoms with Gasteiger partial charge in [0.15, 0.2) is 13.2 Å². The van der Waals surface area contributed by atoms with Crippen molar-refractivity contribution in [3.8, 4) is 56.8 Å². The minimum atomic E-state index is -1.29. The number of aliphatic imine (C=N–C) groups is 1. The molecule has 2 heterocycles. The summed E-state index contributed by atoms with van der Waals surface area (Å²) in [7, 11) is 5.52. The number of carboxylic acids is 6. The van der Waals surface area contributed by atoms with Crippen LogP contribution in [0.4, 0.5) is 5.69 Å². The van der Waals surface area contributed by atoms with Crippen LogP contribution in [0.15, 0.2) is 77.8 Å². The molecule has 0 amide bonds. The number of pyridine rings is 2. The van der Waals surface area contributed by atoms with Gasteiger partial charge >= 0.3 is 74.4 Å². The Hall–Kier alpha value is -7.45. The first-order valence-corrected chi connectivity index (χ1v) is 23.1. The van der Waals surface area contributed by atoms with E-state index in [2.05, 4.69) is 10.2 Å². The molecule has 408 valence electrons. The normalized spacial score (nSPS) is 10.8. The Labute approximate surface area is 476 Å². The van der Waals surface area contributed by atoms with E-state index in [4.69, 9.17) is 50.6 Å². The smallest absolute Gasteiger partial charge is 0.496 e. The summed E-state index contributed by atoms with van der Waals surface area (Å²) in [6.07, 6.45) is 0.426. The summed E-state index contributed by atoms with van der Waals surface area (Å²) < 4.78 is 34.0. The zero-order valence-corrected chi connectivity index (χ0v) is 44.9. The van der Waals surface area contributed by atoms with Crippen LogP contribution in [0.5, 0.6) is 34.5 Å². The molecule has 0 saturated heterocycles. The van der Waals surface area contributed by atoms with Crippen molar-refractivity contribution in [2.75, 3.05) is 74.4 Å². The first-order chi connectivity index (χ1) is 36.3. The molecule has 6 N–H and O–H groups in total. The summed E-state index contributed by atoms with van der Waals surface area (Å²) in [4.78, 5) is 88.8. The molecular weight excluding hydrogens is 1180 g/mol. The largest absolute Gasteiger partial charge is 3.00 e. The summed E-state index contributed by atoms with van der Waals surface area (Å²) >= 11 is 4.78. The number of rotatable bonds is 32. The first-order valence-electron chi connectivity index (χ1n) is 22.7. The summed E-state index contributed by atoms with van der Waals surface area (Å²) in [5.41, 5.74) is 4.28. The number of aromatic nitrogens is 2. The van der Waals surface area contributed by atoms with E-state index in [9.17, 15) is 59.4 Å². The number of methoxy groups -OCH3 is 4. The fourth-order valence-corrected chi connectivity index (χ4v) is 8.13. The molecule has 5 rings (SSSR count). The van der Waals surface area contributed by atoms with Crippen molar-refractivity contribution >= 4 is 58.9 Å². The Morgan fingerprint density at radius 1 is 0.506 bits per heavy atom. The van der Waals surface area contributed by atoms with Gasteiger partial charge in [-0.15, -0.1) is 0 Å². The third-order valence-electron chi connectivity index (χ3n) is 10.9. The predicted octanol–water partition coefficient (Wildman–Crippen LogP) is 4.69. The van der Waals surface area contributed by atoms with Crippen molar-refractivity contribution in [1.29, 1.82) is 0 Å². The Morgan fingerprint density at radius 3 is 1.12 bits per heavy atom. The molecule has 0 aliphatic carbocycles. The van der Waals surface area contributed by atoms with E-state index < -0.39 is 75.2 Å². The van der Waals surface area contributed by atoms with Crippen molar-refractivity contribution < 1.29 is 126 Å². The standard InChI is InChI=1S/C51H54N6O18S.Tb/c1-70-40-15-38(74-27-48(66)67)16-41(71-2)50(40)31-11-34(53-36(13-31)21-56(23-44(58)59)24-45(60)61)19-55(10-9-30-5-7-33(8-6-30)52-29-76)20-35-12-32(14-37(54-35)22-57(25-46(62)63)26-47(64)65)51-42(72-3)17-39(18-43(51)73-4)75-28-49(68)69;/h5-8,11-18H,9-10,19-28H2,1-4H3,(H,58,59)(H,60,61)(H,62,63)(H,64,65)(H,66,67)(H,68,69);/q;+3. The van der Waals surface area contributed by atoms with E-state index in [-0.39, 0.29) is 111 Å². The minimum absolute atomic E-state index is 0. The van der Waals surface area contributed by atoms with Crippen molar-refractivity contribution in [3.63, 3.8) is 0 Å². The number of carboxylic acid groups (broad SMARTS) is 6. The van der Waals surface area contributed by atoms with Gasteiger partial charge in [-0.3, -0.25) is 43.8 Å². The van der Waals surface area contributed by atoms with E-state index in [1.165, 1.54) is 62.5 Å². The van der Waals surface area contributed by atoms with Crippen molar-refractivity contribution in [1.82, 2.24) is 24.7 Å². The monoisotopic (exact) mass is 1230 g/mol. The van der Waals surface area contributed by atoms with Crippen LogP contribution in [0.2, 0.25) is 0 Å². The Bertz CT molecular complexity index is 2730. The van der Waals surface area contributed by atoms with Gasteiger partial charge in [-0.05, 0) is 71.7 Å². The minimum Gasteiger partial charge on any atom is -0.496 e. The summed E-state index contributed by atoms with van der Waals surface area (Å²) in [5.74, 6) is -6.62. The molecule has 2 aromatic heterocycles. The predicted molar refractivity (Wildman–Crippen MR) is 272 cm³/mol. The average molecular weight is 1230 g/mol. The van der Waals surface area contributed by atoms with Gasteiger partial charge in [0.1, 0.15) is 34.5 Å². The van der Waals surface area contributed by atoms with E-state index in [1.54, 1.807) is 36.4 Å². The van der Waals surface area contributed by atoms with Crippen LogP contribution in [0, 0.1) is 38.6 Å². The molecule has 0 spiro atoms. The number of hydrogen-bond acceptors (Lipinski definition) is 19. The summed E-state index contributed by atoms with van der Waals surface area (Å²) in [5, 5.41) is 59.9. The van der Waals surface area contributed by atoms with Crippen LogP contribution in [0.3, 0.4) is 0 Å². The van der Waals surface area contributed by atoms with E-state index in [0.717, 1.165) is 5.56 Å². The topological polar surface area (TPSA) is 327 Å². The summed E-state index contributed by atoms with van der Waals surface area (Å²) in [6.45, 7) is -4.06. The maximum atomic E-state index is 12.0. The van der Waals surface area contributed by atoms with Crippen LogP contribution >= 0.6 is 12.2 Å². The van der Waals surface area contributed by atoms with Crippen molar-refractivity contribution in [3.05, 3.63) is 101 Å². The van der Waals surface area contributed by atoms with Gasteiger partial charge in [0.25, 0.3) is 0 Å². The number of benzene rings is 3. The Balaban J connectivity index is 0.0000128. The molecule has 0 saturated carbocycles. The molecule has 0 fully saturated rings. The maximum Gasteiger partial charge on any atom is 3.00 e. The van der Waals surface area contributed by atoms with Gasteiger partial charge < -0.3 is 59.1 Å². The van der Waals surface area contributed by atoms with Crippen LogP contribution in [-0.4, -0.2) is 171 Å².